The summed E-state index contributed by atoms with van der Waals surface area (Å²) in [6.45, 7) is 0.329. The van der Waals surface area contributed by atoms with Gasteiger partial charge in [-0.15, -0.1) is 0 Å². The van der Waals surface area contributed by atoms with E-state index in [9.17, 15) is 14.7 Å². The summed E-state index contributed by atoms with van der Waals surface area (Å²) in [5.41, 5.74) is 6.21. The Labute approximate surface area is 189 Å². The van der Waals surface area contributed by atoms with Crippen molar-refractivity contribution in [2.45, 2.75) is 0 Å². The molecule has 6 nitrogen and oxygen atoms in total. The zero-order valence-corrected chi connectivity index (χ0v) is 18.8. The zero-order valence-electron chi connectivity index (χ0n) is 15.6. The summed E-state index contributed by atoms with van der Waals surface area (Å²) < 4.78 is 13.0. The van der Waals surface area contributed by atoms with Crippen molar-refractivity contribution in [3.63, 3.8) is 0 Å². The number of Topliss-reactive ketones (excluding diaryl/α,β-unsaturated/α-hetero) is 2. The molecule has 2 unspecified atom stereocenters. The molecule has 0 amide bonds. The SMILES string of the molecule is Nc1c(OCCOc2cc(Br)ccc2Br)cc(O)c2c1C(=O)C1C=CC=CC1C2=O. The maximum atomic E-state index is 13.0. The van der Waals surface area contributed by atoms with Gasteiger partial charge in [0.1, 0.15) is 30.5 Å². The number of halogens is 2. The molecule has 2 atom stereocenters. The number of aromatic hydroxyl groups is 1. The second kappa shape index (κ2) is 8.28. The van der Waals surface area contributed by atoms with Gasteiger partial charge in [-0.3, -0.25) is 9.59 Å². The molecule has 154 valence electrons. The summed E-state index contributed by atoms with van der Waals surface area (Å²) in [4.78, 5) is 25.8. The highest BCUT2D eigenvalue weighted by Crippen LogP contribution is 2.44. The summed E-state index contributed by atoms with van der Waals surface area (Å²) >= 11 is 6.79. The molecule has 8 heteroatoms. The largest absolute Gasteiger partial charge is 0.507 e. The summed E-state index contributed by atoms with van der Waals surface area (Å²) in [7, 11) is 0. The topological polar surface area (TPSA) is 98.8 Å². The first-order chi connectivity index (χ1) is 14.4. The van der Waals surface area contributed by atoms with E-state index in [0.717, 1.165) is 8.95 Å². The van der Waals surface area contributed by atoms with E-state index in [0.29, 0.717) is 5.75 Å². The van der Waals surface area contributed by atoms with Gasteiger partial charge in [0.15, 0.2) is 11.6 Å². The third-order valence-electron chi connectivity index (χ3n) is 5.03. The van der Waals surface area contributed by atoms with Crippen LogP contribution in [-0.4, -0.2) is 29.9 Å². The molecule has 0 saturated carbocycles. The Kier molecular flexibility index (Phi) is 5.71. The molecule has 2 aromatic carbocycles. The molecular formula is C22H17Br2NO5. The number of rotatable bonds is 5. The lowest BCUT2D eigenvalue weighted by Crippen LogP contribution is -2.36. The molecule has 0 aromatic heterocycles. The number of nitrogens with two attached hydrogens (primary N) is 1. The lowest BCUT2D eigenvalue weighted by atomic mass is 9.71. The minimum absolute atomic E-state index is 0.0202. The highest BCUT2D eigenvalue weighted by Gasteiger charge is 2.43. The smallest absolute Gasteiger partial charge is 0.175 e. The normalized spacial score (nSPS) is 19.4. The van der Waals surface area contributed by atoms with Crippen LogP contribution in [0.3, 0.4) is 0 Å². The Morgan fingerprint density at radius 2 is 1.50 bits per heavy atom. The van der Waals surface area contributed by atoms with Crippen LogP contribution in [0.2, 0.25) is 0 Å². The molecule has 0 saturated heterocycles. The lowest BCUT2D eigenvalue weighted by Gasteiger charge is -2.30. The molecular weight excluding hydrogens is 518 g/mol. The van der Waals surface area contributed by atoms with E-state index in [-0.39, 0.29) is 53.1 Å². The van der Waals surface area contributed by atoms with Gasteiger partial charge in [0.05, 0.1) is 33.1 Å². The number of allylic oxidation sites excluding steroid dienone is 4. The van der Waals surface area contributed by atoms with Gasteiger partial charge in [0.2, 0.25) is 0 Å². The number of carbonyl (C=O) groups excluding carboxylic acids is 2. The number of ether oxygens (including phenoxy) is 2. The summed E-state index contributed by atoms with van der Waals surface area (Å²) in [6, 6.07) is 6.82. The predicted octanol–water partition coefficient (Wildman–Crippen LogP) is 4.69. The van der Waals surface area contributed by atoms with E-state index in [4.69, 9.17) is 15.2 Å². The highest BCUT2D eigenvalue weighted by atomic mass is 79.9. The van der Waals surface area contributed by atoms with Crippen molar-refractivity contribution in [3.8, 4) is 17.2 Å². The zero-order chi connectivity index (χ0) is 21.4. The summed E-state index contributed by atoms with van der Waals surface area (Å²) in [5, 5.41) is 10.4. The minimum atomic E-state index is -0.621. The Morgan fingerprint density at radius 1 is 0.900 bits per heavy atom. The second-order valence-electron chi connectivity index (χ2n) is 6.88. The van der Waals surface area contributed by atoms with Crippen LogP contribution >= 0.6 is 31.9 Å². The van der Waals surface area contributed by atoms with Crippen molar-refractivity contribution >= 4 is 49.1 Å². The maximum absolute atomic E-state index is 13.0. The van der Waals surface area contributed by atoms with E-state index in [1.165, 1.54) is 6.07 Å². The molecule has 0 radical (unpaired) electrons. The van der Waals surface area contributed by atoms with Crippen molar-refractivity contribution < 1.29 is 24.2 Å². The Hall–Kier alpha value is -2.58. The first-order valence-electron chi connectivity index (χ1n) is 9.18. The molecule has 2 aliphatic rings. The standard InChI is InChI=1S/C22H17Br2NO5/c23-11-5-6-14(24)16(9-11)29-7-8-30-17-10-15(26)18-19(20(17)25)22(28)13-4-2-1-3-12(13)21(18)27/h1-6,9-10,12-13,26H,7-8,25H2. The van der Waals surface area contributed by atoms with Crippen molar-refractivity contribution in [1.82, 2.24) is 0 Å². The first kappa shape index (κ1) is 20.7. The summed E-state index contributed by atoms with van der Waals surface area (Å²) in [6.07, 6.45) is 6.80. The van der Waals surface area contributed by atoms with E-state index in [2.05, 4.69) is 31.9 Å². The van der Waals surface area contributed by atoms with Crippen LogP contribution in [0.15, 0.2) is 57.5 Å². The molecule has 0 bridgehead atoms. The van der Waals surface area contributed by atoms with Crippen LogP contribution in [0.5, 0.6) is 17.2 Å². The minimum Gasteiger partial charge on any atom is -0.507 e. The monoisotopic (exact) mass is 533 g/mol. The fraction of sp³-hybridized carbons (Fsp3) is 0.182. The molecule has 0 heterocycles. The highest BCUT2D eigenvalue weighted by molar-refractivity contribution is 9.11. The number of carbonyl (C=O) groups is 2. The van der Waals surface area contributed by atoms with Gasteiger partial charge >= 0.3 is 0 Å². The van der Waals surface area contributed by atoms with Gasteiger partial charge in [-0.25, -0.2) is 0 Å². The molecule has 2 aliphatic carbocycles. The number of anilines is 1. The van der Waals surface area contributed by atoms with Crippen LogP contribution in [0, 0.1) is 11.8 Å². The van der Waals surface area contributed by atoms with Gasteiger partial charge in [0.25, 0.3) is 0 Å². The van der Waals surface area contributed by atoms with Crippen LogP contribution in [0.25, 0.3) is 0 Å². The van der Waals surface area contributed by atoms with E-state index >= 15 is 0 Å². The van der Waals surface area contributed by atoms with Gasteiger partial charge < -0.3 is 20.3 Å². The molecule has 4 rings (SSSR count). The van der Waals surface area contributed by atoms with E-state index in [1.54, 1.807) is 24.3 Å². The fourth-order valence-corrected chi connectivity index (χ4v) is 4.32. The van der Waals surface area contributed by atoms with Crippen LogP contribution in [-0.2, 0) is 0 Å². The molecule has 0 spiro atoms. The quantitative estimate of drug-likeness (QED) is 0.328. The van der Waals surface area contributed by atoms with Crippen LogP contribution < -0.4 is 15.2 Å². The van der Waals surface area contributed by atoms with Crippen molar-refractivity contribution in [1.29, 1.82) is 0 Å². The Balaban J connectivity index is 1.54. The average Bonchev–Trinajstić information content (AvgIpc) is 2.73. The van der Waals surface area contributed by atoms with E-state index < -0.39 is 11.8 Å². The number of fused-ring (bicyclic) bond motifs is 2. The van der Waals surface area contributed by atoms with Crippen molar-refractivity contribution in [2.24, 2.45) is 11.8 Å². The number of phenols is 1. The first-order valence-corrected chi connectivity index (χ1v) is 10.8. The van der Waals surface area contributed by atoms with Crippen molar-refractivity contribution in [2.75, 3.05) is 18.9 Å². The number of nitrogen functional groups attached to an aromatic ring is 1. The molecule has 30 heavy (non-hydrogen) atoms. The number of hydrogen-bond acceptors (Lipinski definition) is 6. The number of benzene rings is 2. The van der Waals surface area contributed by atoms with Gasteiger partial charge in [-0.05, 0) is 34.1 Å². The van der Waals surface area contributed by atoms with Gasteiger partial charge in [-0.2, -0.15) is 0 Å². The van der Waals surface area contributed by atoms with Gasteiger partial charge in [-0.1, -0.05) is 40.2 Å². The average molecular weight is 535 g/mol. The third-order valence-corrected chi connectivity index (χ3v) is 6.18. The number of phenolic OH excluding ortho intramolecular Hbond substituents is 1. The number of hydrogen-bond donors (Lipinski definition) is 2. The molecule has 0 aliphatic heterocycles. The van der Waals surface area contributed by atoms with E-state index in [1.807, 2.05) is 18.2 Å². The fourth-order valence-electron chi connectivity index (χ4n) is 3.62. The van der Waals surface area contributed by atoms with Gasteiger partial charge in [0, 0.05) is 10.5 Å². The van der Waals surface area contributed by atoms with Crippen LogP contribution in [0.4, 0.5) is 5.69 Å². The number of ketones is 2. The van der Waals surface area contributed by atoms with Crippen molar-refractivity contribution in [3.05, 3.63) is 68.6 Å². The molecule has 2 aromatic rings. The third kappa shape index (κ3) is 3.65. The molecule has 3 N–H and O–H groups in total. The predicted molar refractivity (Wildman–Crippen MR) is 119 cm³/mol. The van der Waals surface area contributed by atoms with Crippen LogP contribution in [0.1, 0.15) is 20.7 Å². The molecule has 0 fully saturated rings. The Bertz CT molecular complexity index is 1110. The lowest BCUT2D eigenvalue weighted by molar-refractivity contribution is 0.0799. The summed E-state index contributed by atoms with van der Waals surface area (Å²) in [5.74, 6) is -1.41. The maximum Gasteiger partial charge on any atom is 0.175 e. The Morgan fingerprint density at radius 3 is 2.17 bits per heavy atom. The second-order valence-corrected chi connectivity index (χ2v) is 8.65.